The number of carbonyl (C=O) groups excluding carboxylic acids is 2. The summed E-state index contributed by atoms with van der Waals surface area (Å²) in [5.74, 6) is -3.12. The Hall–Kier alpha value is -3.27. The van der Waals surface area contributed by atoms with E-state index >= 15 is 0 Å². The standard InChI is InChI=1S/C19H16F2N2O3/c1-4-26-19(25)17-11(3)23-10(2)16(17)18(24)13(9-22)7-12-5-6-14(20)8-15(12)21/h5-8,23H,4H2,1-3H3/b13-7+. The molecule has 0 bridgehead atoms. The molecule has 0 saturated carbocycles. The third-order valence-corrected chi connectivity index (χ3v) is 3.71. The summed E-state index contributed by atoms with van der Waals surface area (Å²) in [6, 6.07) is 4.50. The van der Waals surface area contributed by atoms with Crippen LogP contribution in [0.15, 0.2) is 23.8 Å². The van der Waals surface area contributed by atoms with Crippen LogP contribution in [0.2, 0.25) is 0 Å². The number of aromatic nitrogens is 1. The van der Waals surface area contributed by atoms with Crippen molar-refractivity contribution in [3.63, 3.8) is 0 Å². The van der Waals surface area contributed by atoms with Crippen LogP contribution in [0.1, 0.15) is 44.6 Å². The molecule has 0 fully saturated rings. The quantitative estimate of drug-likeness (QED) is 0.381. The van der Waals surface area contributed by atoms with Crippen LogP contribution in [0.25, 0.3) is 6.08 Å². The second-order valence-corrected chi connectivity index (χ2v) is 5.51. The van der Waals surface area contributed by atoms with Crippen LogP contribution in [0.3, 0.4) is 0 Å². The van der Waals surface area contributed by atoms with Crippen molar-refractivity contribution in [1.82, 2.24) is 4.98 Å². The first-order chi connectivity index (χ1) is 12.3. The fraction of sp³-hybridized carbons (Fsp3) is 0.211. The lowest BCUT2D eigenvalue weighted by Crippen LogP contribution is -2.13. The highest BCUT2D eigenvalue weighted by molar-refractivity contribution is 6.19. The summed E-state index contributed by atoms with van der Waals surface area (Å²) in [4.78, 5) is 27.8. The van der Waals surface area contributed by atoms with Crippen molar-refractivity contribution in [3.05, 3.63) is 63.5 Å². The van der Waals surface area contributed by atoms with E-state index in [2.05, 4.69) is 4.98 Å². The second-order valence-electron chi connectivity index (χ2n) is 5.51. The van der Waals surface area contributed by atoms with Gasteiger partial charge in [-0.1, -0.05) is 0 Å². The van der Waals surface area contributed by atoms with Crippen LogP contribution >= 0.6 is 0 Å². The molecule has 0 radical (unpaired) electrons. The highest BCUT2D eigenvalue weighted by Gasteiger charge is 2.27. The summed E-state index contributed by atoms with van der Waals surface area (Å²) < 4.78 is 31.8. The molecule has 2 rings (SSSR count). The maximum atomic E-state index is 13.8. The first-order valence-corrected chi connectivity index (χ1v) is 7.78. The molecular formula is C19H16F2N2O3. The van der Waals surface area contributed by atoms with Crippen LogP contribution in [-0.4, -0.2) is 23.3 Å². The smallest absolute Gasteiger partial charge is 0.340 e. The van der Waals surface area contributed by atoms with Crippen molar-refractivity contribution in [2.24, 2.45) is 0 Å². The van der Waals surface area contributed by atoms with Gasteiger partial charge in [-0.25, -0.2) is 13.6 Å². The second kappa shape index (κ2) is 7.74. The Balaban J connectivity index is 2.55. The number of allylic oxidation sites excluding steroid dienone is 1. The number of esters is 1. The predicted octanol–water partition coefficient (Wildman–Crippen LogP) is 3.88. The predicted molar refractivity (Wildman–Crippen MR) is 90.5 cm³/mol. The Morgan fingerprint density at radius 2 is 1.88 bits per heavy atom. The lowest BCUT2D eigenvalue weighted by atomic mass is 9.98. The first-order valence-electron chi connectivity index (χ1n) is 7.78. The summed E-state index contributed by atoms with van der Waals surface area (Å²) in [6.45, 7) is 4.94. The minimum Gasteiger partial charge on any atom is -0.462 e. The van der Waals surface area contributed by atoms with Crippen LogP contribution < -0.4 is 0 Å². The zero-order chi connectivity index (χ0) is 19.4. The number of ether oxygens (including phenoxy) is 1. The number of hydrogen-bond donors (Lipinski definition) is 1. The van der Waals surface area contributed by atoms with Gasteiger partial charge >= 0.3 is 5.97 Å². The molecule has 0 aliphatic carbocycles. The molecule has 134 valence electrons. The number of carbonyl (C=O) groups is 2. The number of nitrogens with one attached hydrogen (secondary N) is 1. The molecule has 0 saturated heterocycles. The van der Waals surface area contributed by atoms with E-state index in [4.69, 9.17) is 4.74 Å². The van der Waals surface area contributed by atoms with Gasteiger partial charge in [-0.2, -0.15) is 5.26 Å². The zero-order valence-corrected chi connectivity index (χ0v) is 14.4. The number of H-pyrrole nitrogens is 1. The van der Waals surface area contributed by atoms with Crippen molar-refractivity contribution < 1.29 is 23.1 Å². The molecule has 0 aliphatic heterocycles. The normalized spacial score (nSPS) is 11.2. The van der Waals surface area contributed by atoms with E-state index in [0.717, 1.165) is 18.2 Å². The molecule has 0 amide bonds. The summed E-state index contributed by atoms with van der Waals surface area (Å²) in [7, 11) is 0. The molecule has 1 aromatic carbocycles. The molecule has 1 heterocycles. The molecule has 0 aliphatic rings. The maximum absolute atomic E-state index is 13.8. The van der Waals surface area contributed by atoms with Crippen LogP contribution in [0.5, 0.6) is 0 Å². The lowest BCUT2D eigenvalue weighted by molar-refractivity contribution is 0.0523. The topological polar surface area (TPSA) is 83.0 Å². The zero-order valence-electron chi connectivity index (χ0n) is 14.4. The Bertz CT molecular complexity index is 952. The number of aryl methyl sites for hydroxylation is 2. The van der Waals surface area contributed by atoms with Gasteiger partial charge in [0.05, 0.1) is 17.7 Å². The van der Waals surface area contributed by atoms with Crippen molar-refractivity contribution in [2.45, 2.75) is 20.8 Å². The molecule has 5 nitrogen and oxygen atoms in total. The molecule has 1 aromatic heterocycles. The van der Waals surface area contributed by atoms with Gasteiger partial charge in [0.15, 0.2) is 0 Å². The SMILES string of the molecule is CCOC(=O)c1c(C)[nH]c(C)c1C(=O)/C(C#N)=C/c1ccc(F)cc1F. The van der Waals surface area contributed by atoms with Gasteiger partial charge in [-0.05, 0) is 39.0 Å². The van der Waals surface area contributed by atoms with Gasteiger partial charge in [-0.3, -0.25) is 4.79 Å². The molecule has 0 spiro atoms. The van der Waals surface area contributed by atoms with Crippen LogP contribution in [0.4, 0.5) is 8.78 Å². The third-order valence-electron chi connectivity index (χ3n) is 3.71. The number of benzene rings is 1. The summed E-state index contributed by atoms with van der Waals surface area (Å²) in [6.07, 6.45) is 1.02. The monoisotopic (exact) mass is 358 g/mol. The highest BCUT2D eigenvalue weighted by Crippen LogP contribution is 2.24. The van der Waals surface area contributed by atoms with Gasteiger partial charge < -0.3 is 9.72 Å². The molecule has 1 N–H and O–H groups in total. The number of Topliss-reactive ketones (excluding diaryl/α,β-unsaturated/α-hetero) is 1. The van der Waals surface area contributed by atoms with Crippen molar-refractivity contribution in [2.75, 3.05) is 6.61 Å². The lowest BCUT2D eigenvalue weighted by Gasteiger charge is -2.05. The average molecular weight is 358 g/mol. The number of nitrogens with zero attached hydrogens (tertiary/aromatic N) is 1. The first kappa shape index (κ1) is 19.1. The fourth-order valence-electron chi connectivity index (χ4n) is 2.58. The van der Waals surface area contributed by atoms with E-state index < -0.39 is 23.4 Å². The van der Waals surface area contributed by atoms with Gasteiger partial charge in [0.1, 0.15) is 23.3 Å². The highest BCUT2D eigenvalue weighted by atomic mass is 19.1. The number of halogens is 2. The number of aromatic amines is 1. The fourth-order valence-corrected chi connectivity index (χ4v) is 2.58. The Labute approximate surface area is 148 Å². The summed E-state index contributed by atoms with van der Waals surface area (Å²) >= 11 is 0. The van der Waals surface area contributed by atoms with Crippen molar-refractivity contribution in [1.29, 1.82) is 5.26 Å². The largest absolute Gasteiger partial charge is 0.462 e. The van der Waals surface area contributed by atoms with E-state index in [0.29, 0.717) is 17.5 Å². The maximum Gasteiger partial charge on any atom is 0.340 e. The van der Waals surface area contributed by atoms with E-state index in [-0.39, 0.29) is 28.9 Å². The molecule has 0 atom stereocenters. The number of ketones is 1. The number of nitriles is 1. The number of hydrogen-bond acceptors (Lipinski definition) is 4. The van der Waals surface area contributed by atoms with Gasteiger partial charge in [0.2, 0.25) is 5.78 Å². The summed E-state index contributed by atoms with van der Waals surface area (Å²) in [5, 5.41) is 9.33. The van der Waals surface area contributed by atoms with Gasteiger partial charge in [0, 0.05) is 23.0 Å². The Kier molecular flexibility index (Phi) is 5.68. The van der Waals surface area contributed by atoms with E-state index in [1.807, 2.05) is 0 Å². The molecule has 2 aromatic rings. The van der Waals surface area contributed by atoms with Crippen LogP contribution in [0, 0.1) is 36.8 Å². The van der Waals surface area contributed by atoms with Crippen molar-refractivity contribution in [3.8, 4) is 6.07 Å². The summed E-state index contributed by atoms with van der Waals surface area (Å²) in [5.41, 5.74) is 0.347. The Morgan fingerprint density at radius 1 is 1.23 bits per heavy atom. The molecule has 0 unspecified atom stereocenters. The van der Waals surface area contributed by atoms with E-state index in [1.165, 1.54) is 0 Å². The molecular weight excluding hydrogens is 342 g/mol. The van der Waals surface area contributed by atoms with Gasteiger partial charge in [0.25, 0.3) is 0 Å². The molecule has 26 heavy (non-hydrogen) atoms. The third kappa shape index (κ3) is 3.70. The van der Waals surface area contributed by atoms with Gasteiger partial charge in [-0.15, -0.1) is 0 Å². The Morgan fingerprint density at radius 3 is 2.46 bits per heavy atom. The average Bonchev–Trinajstić information content (AvgIpc) is 2.88. The molecule has 7 heteroatoms. The van der Waals surface area contributed by atoms with E-state index in [1.54, 1.807) is 26.8 Å². The minimum absolute atomic E-state index is 0.00345. The van der Waals surface area contributed by atoms with E-state index in [9.17, 15) is 23.6 Å². The van der Waals surface area contributed by atoms with Crippen molar-refractivity contribution >= 4 is 17.8 Å². The number of rotatable bonds is 5. The minimum atomic E-state index is -0.905. The van der Waals surface area contributed by atoms with Crippen LogP contribution in [-0.2, 0) is 4.74 Å².